The SMILES string of the molecule is COC(=O)C(NCC1CC(C)=CC(C)C1)c1ccccc1. The molecule has 2 rings (SSSR count). The van der Waals surface area contributed by atoms with Gasteiger partial charge in [-0.15, -0.1) is 0 Å². The molecule has 0 heterocycles. The molecule has 0 saturated carbocycles. The molecule has 3 nitrogen and oxygen atoms in total. The molecule has 114 valence electrons. The molecule has 1 aliphatic carbocycles. The van der Waals surface area contributed by atoms with Crippen molar-refractivity contribution in [1.29, 1.82) is 0 Å². The van der Waals surface area contributed by atoms with E-state index in [2.05, 4.69) is 25.2 Å². The molecular formula is C18H25NO2. The number of benzene rings is 1. The molecule has 0 fully saturated rings. The fourth-order valence-corrected chi connectivity index (χ4v) is 3.23. The van der Waals surface area contributed by atoms with E-state index in [4.69, 9.17) is 4.74 Å². The molecule has 1 aliphatic rings. The minimum absolute atomic E-state index is 0.225. The van der Waals surface area contributed by atoms with E-state index in [1.165, 1.54) is 19.1 Å². The van der Waals surface area contributed by atoms with Crippen molar-refractivity contribution < 1.29 is 9.53 Å². The highest BCUT2D eigenvalue weighted by Crippen LogP contribution is 2.28. The zero-order valence-electron chi connectivity index (χ0n) is 13.1. The third kappa shape index (κ3) is 4.43. The lowest BCUT2D eigenvalue weighted by Gasteiger charge is -2.27. The van der Waals surface area contributed by atoms with Gasteiger partial charge in [0, 0.05) is 0 Å². The van der Waals surface area contributed by atoms with E-state index in [9.17, 15) is 4.79 Å². The second kappa shape index (κ2) is 7.41. The summed E-state index contributed by atoms with van der Waals surface area (Å²) in [4.78, 5) is 12.0. The average Bonchev–Trinajstić information content (AvgIpc) is 2.47. The van der Waals surface area contributed by atoms with Crippen molar-refractivity contribution in [3.63, 3.8) is 0 Å². The summed E-state index contributed by atoms with van der Waals surface area (Å²) in [5.74, 6) is 0.983. The van der Waals surface area contributed by atoms with Gasteiger partial charge < -0.3 is 10.1 Å². The lowest BCUT2D eigenvalue weighted by atomic mass is 9.83. The summed E-state index contributed by atoms with van der Waals surface area (Å²) in [6.45, 7) is 5.28. The minimum atomic E-state index is -0.377. The number of carbonyl (C=O) groups excluding carboxylic acids is 1. The van der Waals surface area contributed by atoms with E-state index >= 15 is 0 Å². The zero-order chi connectivity index (χ0) is 15.2. The Balaban J connectivity index is 2.00. The number of rotatable bonds is 5. The summed E-state index contributed by atoms with van der Waals surface area (Å²) in [6, 6.07) is 9.39. The van der Waals surface area contributed by atoms with Crippen molar-refractivity contribution >= 4 is 5.97 Å². The highest BCUT2D eigenvalue weighted by Gasteiger charge is 2.24. The first-order chi connectivity index (χ1) is 10.1. The van der Waals surface area contributed by atoms with Gasteiger partial charge in [0.05, 0.1) is 7.11 Å². The molecule has 0 spiro atoms. The van der Waals surface area contributed by atoms with Crippen molar-refractivity contribution in [3.05, 3.63) is 47.5 Å². The lowest BCUT2D eigenvalue weighted by molar-refractivity contribution is -0.143. The van der Waals surface area contributed by atoms with Crippen LogP contribution in [0.5, 0.6) is 0 Å². The average molecular weight is 287 g/mol. The fraction of sp³-hybridized carbons (Fsp3) is 0.500. The normalized spacial score (nSPS) is 23.3. The van der Waals surface area contributed by atoms with Crippen LogP contribution in [0.3, 0.4) is 0 Å². The van der Waals surface area contributed by atoms with Gasteiger partial charge in [0.1, 0.15) is 6.04 Å². The van der Waals surface area contributed by atoms with Gasteiger partial charge in [-0.2, -0.15) is 0 Å². The smallest absolute Gasteiger partial charge is 0.327 e. The highest BCUT2D eigenvalue weighted by atomic mass is 16.5. The molecule has 1 aromatic carbocycles. The molecule has 3 heteroatoms. The molecule has 1 aromatic rings. The van der Waals surface area contributed by atoms with E-state index in [0.717, 1.165) is 18.5 Å². The monoisotopic (exact) mass is 287 g/mol. The van der Waals surface area contributed by atoms with Crippen LogP contribution in [0.25, 0.3) is 0 Å². The third-order valence-electron chi connectivity index (χ3n) is 4.07. The number of methoxy groups -OCH3 is 1. The van der Waals surface area contributed by atoms with Crippen LogP contribution in [0, 0.1) is 11.8 Å². The maximum Gasteiger partial charge on any atom is 0.327 e. The number of esters is 1. The van der Waals surface area contributed by atoms with Crippen molar-refractivity contribution in [2.45, 2.75) is 32.7 Å². The van der Waals surface area contributed by atoms with E-state index < -0.39 is 0 Å². The summed E-state index contributed by atoms with van der Waals surface area (Å²) >= 11 is 0. The summed E-state index contributed by atoms with van der Waals surface area (Å²) in [6.07, 6.45) is 4.64. The number of nitrogens with one attached hydrogen (secondary N) is 1. The predicted molar refractivity (Wildman–Crippen MR) is 84.8 cm³/mol. The standard InChI is InChI=1S/C18H25NO2/c1-13-9-14(2)11-15(10-13)12-19-17(18(20)21-3)16-7-5-4-6-8-16/h4-9,13,15,17,19H,10-12H2,1-3H3. The van der Waals surface area contributed by atoms with Crippen LogP contribution in [-0.4, -0.2) is 19.6 Å². The summed E-state index contributed by atoms with van der Waals surface area (Å²) in [7, 11) is 1.44. The van der Waals surface area contributed by atoms with Crippen LogP contribution in [0.1, 0.15) is 38.3 Å². The molecule has 0 amide bonds. The quantitative estimate of drug-likeness (QED) is 0.665. The Morgan fingerprint density at radius 2 is 2.10 bits per heavy atom. The second-order valence-corrected chi connectivity index (χ2v) is 6.07. The molecule has 0 saturated heterocycles. The van der Waals surface area contributed by atoms with E-state index in [-0.39, 0.29) is 12.0 Å². The fourth-order valence-electron chi connectivity index (χ4n) is 3.23. The van der Waals surface area contributed by atoms with Gasteiger partial charge in [-0.1, -0.05) is 48.9 Å². The molecule has 0 aromatic heterocycles. The van der Waals surface area contributed by atoms with Crippen molar-refractivity contribution in [2.75, 3.05) is 13.7 Å². The summed E-state index contributed by atoms with van der Waals surface area (Å²) in [5, 5.41) is 3.40. The van der Waals surface area contributed by atoms with Crippen LogP contribution >= 0.6 is 0 Å². The first-order valence-electron chi connectivity index (χ1n) is 7.63. The number of hydrogen-bond donors (Lipinski definition) is 1. The van der Waals surface area contributed by atoms with Crippen LogP contribution in [0.15, 0.2) is 42.0 Å². The van der Waals surface area contributed by atoms with Gasteiger partial charge in [0.15, 0.2) is 0 Å². The van der Waals surface area contributed by atoms with Gasteiger partial charge in [-0.05, 0) is 43.7 Å². The lowest BCUT2D eigenvalue weighted by Crippen LogP contribution is -2.34. The molecule has 3 atom stereocenters. The Hall–Kier alpha value is -1.61. The first-order valence-corrected chi connectivity index (χ1v) is 7.63. The van der Waals surface area contributed by atoms with E-state index in [0.29, 0.717) is 11.8 Å². The van der Waals surface area contributed by atoms with Gasteiger partial charge >= 0.3 is 5.97 Å². The number of carbonyl (C=O) groups is 1. The van der Waals surface area contributed by atoms with Crippen LogP contribution in [-0.2, 0) is 9.53 Å². The van der Waals surface area contributed by atoms with Crippen LogP contribution < -0.4 is 5.32 Å². The minimum Gasteiger partial charge on any atom is -0.468 e. The third-order valence-corrected chi connectivity index (χ3v) is 4.07. The highest BCUT2D eigenvalue weighted by molar-refractivity contribution is 5.77. The Bertz CT molecular complexity index is 495. The summed E-state index contributed by atoms with van der Waals surface area (Å²) in [5.41, 5.74) is 2.41. The molecule has 1 N–H and O–H groups in total. The van der Waals surface area contributed by atoms with E-state index in [1.807, 2.05) is 30.3 Å². The molecular weight excluding hydrogens is 262 g/mol. The second-order valence-electron chi connectivity index (χ2n) is 6.07. The Kier molecular flexibility index (Phi) is 5.57. The first kappa shape index (κ1) is 15.8. The molecule has 0 radical (unpaired) electrons. The topological polar surface area (TPSA) is 38.3 Å². The largest absolute Gasteiger partial charge is 0.468 e. The van der Waals surface area contributed by atoms with Gasteiger partial charge in [0.25, 0.3) is 0 Å². The Morgan fingerprint density at radius 1 is 1.38 bits per heavy atom. The Labute approximate surface area is 127 Å². The molecule has 3 unspecified atom stereocenters. The zero-order valence-corrected chi connectivity index (χ0v) is 13.1. The van der Waals surface area contributed by atoms with Crippen molar-refractivity contribution in [1.82, 2.24) is 5.32 Å². The van der Waals surface area contributed by atoms with Crippen LogP contribution in [0.2, 0.25) is 0 Å². The van der Waals surface area contributed by atoms with Gasteiger partial charge in [0.2, 0.25) is 0 Å². The number of allylic oxidation sites excluding steroid dienone is 2. The van der Waals surface area contributed by atoms with Gasteiger partial charge in [-0.25, -0.2) is 4.79 Å². The van der Waals surface area contributed by atoms with Gasteiger partial charge in [-0.3, -0.25) is 0 Å². The Morgan fingerprint density at radius 3 is 2.71 bits per heavy atom. The summed E-state index contributed by atoms with van der Waals surface area (Å²) < 4.78 is 4.94. The molecule has 21 heavy (non-hydrogen) atoms. The van der Waals surface area contributed by atoms with Crippen molar-refractivity contribution in [2.24, 2.45) is 11.8 Å². The van der Waals surface area contributed by atoms with Crippen LogP contribution in [0.4, 0.5) is 0 Å². The predicted octanol–water partition coefficient (Wildman–Crippen LogP) is 3.48. The van der Waals surface area contributed by atoms with E-state index in [1.54, 1.807) is 0 Å². The number of ether oxygens (including phenoxy) is 1. The van der Waals surface area contributed by atoms with Crippen molar-refractivity contribution in [3.8, 4) is 0 Å². The maximum atomic E-state index is 12.0. The molecule has 0 bridgehead atoms. The molecule has 0 aliphatic heterocycles. The number of hydrogen-bond acceptors (Lipinski definition) is 3. The maximum absolute atomic E-state index is 12.0.